The Kier molecular flexibility index (Phi) is 13.2. The lowest BCUT2D eigenvalue weighted by Gasteiger charge is -2.49. The van der Waals surface area contributed by atoms with Gasteiger partial charge in [-0.25, -0.2) is 0 Å². The summed E-state index contributed by atoms with van der Waals surface area (Å²) in [4.78, 5) is 0. The summed E-state index contributed by atoms with van der Waals surface area (Å²) in [6.07, 6.45) is 19.0. The number of benzene rings is 1. The lowest BCUT2D eigenvalue weighted by Crippen LogP contribution is -2.38. The molecule has 0 saturated heterocycles. The topological polar surface area (TPSA) is 0 Å². The Morgan fingerprint density at radius 2 is 1.06 bits per heavy atom. The van der Waals surface area contributed by atoms with Crippen molar-refractivity contribution >= 4 is 0 Å². The molecule has 0 heterocycles. The van der Waals surface area contributed by atoms with Crippen LogP contribution < -0.4 is 0 Å². The van der Waals surface area contributed by atoms with Crippen LogP contribution in [0.2, 0.25) is 0 Å². The molecule has 0 bridgehead atoms. The Morgan fingerprint density at radius 1 is 0.594 bits per heavy atom. The summed E-state index contributed by atoms with van der Waals surface area (Å²) >= 11 is 0. The van der Waals surface area contributed by atoms with E-state index in [1.165, 1.54) is 89.9 Å². The van der Waals surface area contributed by atoms with E-state index in [1.54, 1.807) is 5.56 Å². The van der Waals surface area contributed by atoms with Crippen LogP contribution in [0.3, 0.4) is 0 Å². The molecule has 0 aliphatic carbocycles. The zero-order valence-corrected chi connectivity index (χ0v) is 23.4. The van der Waals surface area contributed by atoms with Gasteiger partial charge in [0.2, 0.25) is 0 Å². The molecule has 186 valence electrons. The van der Waals surface area contributed by atoms with Gasteiger partial charge < -0.3 is 0 Å². The van der Waals surface area contributed by atoms with Gasteiger partial charge in [0.25, 0.3) is 0 Å². The van der Waals surface area contributed by atoms with Gasteiger partial charge in [0.05, 0.1) is 0 Å². The van der Waals surface area contributed by atoms with Gasteiger partial charge in [-0.2, -0.15) is 0 Å². The monoisotopic (exact) mass is 442 g/mol. The first-order chi connectivity index (χ1) is 15.4. The number of unbranched alkanes of at least 4 members (excludes halogenated alkanes) is 2. The fraction of sp³-hybridized carbons (Fsp3) is 0.812. The summed E-state index contributed by atoms with van der Waals surface area (Å²) < 4.78 is 0. The summed E-state index contributed by atoms with van der Waals surface area (Å²) in [6.45, 7) is 19.6. The second-order valence-corrected chi connectivity index (χ2v) is 11.2. The smallest absolute Gasteiger partial charge is 0.0159 e. The molecule has 0 amide bonds. The molecule has 0 saturated carbocycles. The average molecular weight is 443 g/mol. The van der Waals surface area contributed by atoms with E-state index in [0.717, 1.165) is 0 Å². The normalized spacial score (nSPS) is 14.0. The molecule has 0 radical (unpaired) electrons. The van der Waals surface area contributed by atoms with Crippen molar-refractivity contribution in [1.29, 1.82) is 0 Å². The molecule has 0 heteroatoms. The highest BCUT2D eigenvalue weighted by Crippen LogP contribution is 2.56. The number of hydrogen-bond donors (Lipinski definition) is 0. The largest absolute Gasteiger partial charge is 0.0654 e. The van der Waals surface area contributed by atoms with Crippen molar-refractivity contribution in [3.05, 3.63) is 35.9 Å². The first kappa shape index (κ1) is 29.3. The molecule has 0 spiro atoms. The van der Waals surface area contributed by atoms with E-state index in [1.807, 2.05) is 0 Å². The highest BCUT2D eigenvalue weighted by atomic mass is 14.5. The molecule has 1 aromatic rings. The van der Waals surface area contributed by atoms with Gasteiger partial charge in [0.1, 0.15) is 0 Å². The fourth-order valence-electron chi connectivity index (χ4n) is 6.82. The maximum absolute atomic E-state index is 2.46. The maximum atomic E-state index is 2.46. The maximum Gasteiger partial charge on any atom is -0.0159 e. The molecular formula is C32H58. The third-order valence-electron chi connectivity index (χ3n) is 9.75. The molecule has 0 aliphatic rings. The van der Waals surface area contributed by atoms with Crippen LogP contribution in [0.15, 0.2) is 30.3 Å². The van der Waals surface area contributed by atoms with Crippen molar-refractivity contribution in [1.82, 2.24) is 0 Å². The van der Waals surface area contributed by atoms with Crippen LogP contribution in [0.4, 0.5) is 0 Å². The van der Waals surface area contributed by atoms with E-state index in [4.69, 9.17) is 0 Å². The van der Waals surface area contributed by atoms with E-state index >= 15 is 0 Å². The van der Waals surface area contributed by atoms with Crippen LogP contribution in [0.25, 0.3) is 0 Å². The number of rotatable bonds is 18. The van der Waals surface area contributed by atoms with Crippen LogP contribution in [0, 0.1) is 16.2 Å². The molecule has 1 unspecified atom stereocenters. The van der Waals surface area contributed by atoms with Crippen molar-refractivity contribution < 1.29 is 0 Å². The first-order valence-corrected chi connectivity index (χ1v) is 14.4. The van der Waals surface area contributed by atoms with Crippen molar-refractivity contribution in [3.8, 4) is 0 Å². The predicted octanol–water partition coefficient (Wildman–Crippen LogP) is 11.3. The zero-order valence-electron chi connectivity index (χ0n) is 23.4. The van der Waals surface area contributed by atoms with E-state index in [2.05, 4.69) is 85.7 Å². The summed E-state index contributed by atoms with van der Waals surface area (Å²) in [5.41, 5.74) is 3.03. The molecule has 1 atom stereocenters. The van der Waals surface area contributed by atoms with Crippen molar-refractivity contribution in [2.75, 3.05) is 0 Å². The Labute approximate surface area is 203 Å². The lowest BCUT2D eigenvalue weighted by atomic mass is 9.55. The Balaban J connectivity index is 3.53. The highest BCUT2D eigenvalue weighted by molar-refractivity contribution is 5.20. The van der Waals surface area contributed by atoms with Crippen LogP contribution in [0.1, 0.15) is 157 Å². The van der Waals surface area contributed by atoms with Gasteiger partial charge >= 0.3 is 0 Å². The first-order valence-electron chi connectivity index (χ1n) is 14.4. The van der Waals surface area contributed by atoms with Crippen LogP contribution in [-0.4, -0.2) is 0 Å². The molecule has 32 heavy (non-hydrogen) atoms. The van der Waals surface area contributed by atoms with Crippen LogP contribution in [0.5, 0.6) is 0 Å². The summed E-state index contributed by atoms with van der Waals surface area (Å²) in [5.74, 6) is 0.685. The van der Waals surface area contributed by atoms with Crippen LogP contribution >= 0.6 is 0 Å². The lowest BCUT2D eigenvalue weighted by molar-refractivity contribution is 0.0235. The Bertz CT molecular complexity index is 537. The standard InChI is InChI=1S/C32H58/c1-9-17-21-24-32(26-30(11-3,12-4)13-5,27-31(14-6,15-7)16-8)25-28(10-2)29-22-19-18-20-23-29/h18-20,22-23,28H,9-17,21,24-27H2,1-8H3. The molecule has 0 aromatic heterocycles. The Morgan fingerprint density at radius 3 is 1.44 bits per heavy atom. The fourth-order valence-corrected chi connectivity index (χ4v) is 6.82. The molecule has 0 aliphatic heterocycles. The van der Waals surface area contributed by atoms with Gasteiger partial charge in [0.15, 0.2) is 0 Å². The minimum atomic E-state index is 0.454. The summed E-state index contributed by atoms with van der Waals surface area (Å²) in [5, 5.41) is 0. The van der Waals surface area contributed by atoms with E-state index in [-0.39, 0.29) is 0 Å². The van der Waals surface area contributed by atoms with E-state index < -0.39 is 0 Å². The van der Waals surface area contributed by atoms with Crippen molar-refractivity contribution in [3.63, 3.8) is 0 Å². The second kappa shape index (κ2) is 14.5. The average Bonchev–Trinajstić information content (AvgIpc) is 2.85. The quantitative estimate of drug-likeness (QED) is 0.198. The third kappa shape index (κ3) is 7.92. The summed E-state index contributed by atoms with van der Waals surface area (Å²) in [7, 11) is 0. The predicted molar refractivity (Wildman–Crippen MR) is 147 cm³/mol. The molecule has 1 rings (SSSR count). The molecule has 0 fully saturated rings. The minimum absolute atomic E-state index is 0.454. The molecule has 0 nitrogen and oxygen atoms in total. The van der Waals surface area contributed by atoms with Gasteiger partial charge in [-0.05, 0) is 59.8 Å². The van der Waals surface area contributed by atoms with Crippen molar-refractivity contribution in [2.24, 2.45) is 16.2 Å². The third-order valence-corrected chi connectivity index (χ3v) is 9.75. The summed E-state index contributed by atoms with van der Waals surface area (Å²) in [6, 6.07) is 11.5. The van der Waals surface area contributed by atoms with Gasteiger partial charge in [-0.1, -0.05) is 144 Å². The highest BCUT2D eigenvalue weighted by Gasteiger charge is 2.44. The molecular weight excluding hydrogens is 384 g/mol. The van der Waals surface area contributed by atoms with E-state index in [0.29, 0.717) is 22.2 Å². The van der Waals surface area contributed by atoms with Gasteiger partial charge in [-0.15, -0.1) is 0 Å². The Hall–Kier alpha value is -0.780. The van der Waals surface area contributed by atoms with Gasteiger partial charge in [-0.3, -0.25) is 0 Å². The van der Waals surface area contributed by atoms with E-state index in [9.17, 15) is 0 Å². The number of hydrogen-bond acceptors (Lipinski definition) is 0. The van der Waals surface area contributed by atoms with Crippen LogP contribution in [-0.2, 0) is 0 Å². The van der Waals surface area contributed by atoms with Crippen molar-refractivity contribution in [2.45, 2.75) is 151 Å². The zero-order chi connectivity index (χ0) is 24.1. The molecule has 1 aromatic carbocycles. The SMILES string of the molecule is CCCCCC(CC(CC)c1ccccc1)(CC(CC)(CC)CC)CC(CC)(CC)CC. The minimum Gasteiger partial charge on any atom is -0.0654 e. The second-order valence-electron chi connectivity index (χ2n) is 11.2. The molecule has 0 N–H and O–H groups in total. The van der Waals surface area contributed by atoms with Gasteiger partial charge in [0, 0.05) is 0 Å².